The molecule has 124 valence electrons. The standard InChI is InChI=1S/C20H23N3O/c1-2-15-6-4-8-18-17(13-23-19(15)18)9-10-22-12-14-5-3-7-16(11-14)20(21)24/h3-8,11,13,22-23H,2,9-10,12H2,1H3,(H2,21,24). The van der Waals surface area contributed by atoms with E-state index in [1.165, 1.54) is 22.0 Å². The Morgan fingerprint density at radius 1 is 1.17 bits per heavy atom. The van der Waals surface area contributed by atoms with Gasteiger partial charge in [-0.2, -0.15) is 0 Å². The number of rotatable bonds is 7. The molecule has 0 aliphatic rings. The van der Waals surface area contributed by atoms with E-state index in [0.29, 0.717) is 5.56 Å². The lowest BCUT2D eigenvalue weighted by Crippen LogP contribution is -2.17. The Morgan fingerprint density at radius 3 is 2.79 bits per heavy atom. The summed E-state index contributed by atoms with van der Waals surface area (Å²) in [6.45, 7) is 3.78. The Labute approximate surface area is 142 Å². The number of para-hydroxylation sites is 1. The predicted molar refractivity (Wildman–Crippen MR) is 98.0 cm³/mol. The highest BCUT2D eigenvalue weighted by Crippen LogP contribution is 2.22. The van der Waals surface area contributed by atoms with Crippen LogP contribution in [0.1, 0.15) is 34.0 Å². The Balaban J connectivity index is 1.59. The fraction of sp³-hybridized carbons (Fsp3) is 0.250. The van der Waals surface area contributed by atoms with Gasteiger partial charge in [0.2, 0.25) is 5.91 Å². The van der Waals surface area contributed by atoms with Crippen LogP contribution in [0.2, 0.25) is 0 Å². The Kier molecular flexibility index (Phi) is 4.96. The molecule has 0 aliphatic carbocycles. The largest absolute Gasteiger partial charge is 0.366 e. The highest BCUT2D eigenvalue weighted by atomic mass is 16.1. The van der Waals surface area contributed by atoms with Gasteiger partial charge in [0, 0.05) is 29.2 Å². The van der Waals surface area contributed by atoms with Crippen LogP contribution in [0.3, 0.4) is 0 Å². The van der Waals surface area contributed by atoms with Gasteiger partial charge in [0.15, 0.2) is 0 Å². The van der Waals surface area contributed by atoms with Crippen LogP contribution in [-0.4, -0.2) is 17.4 Å². The molecule has 0 radical (unpaired) electrons. The number of carbonyl (C=O) groups is 1. The highest BCUT2D eigenvalue weighted by Gasteiger charge is 2.06. The lowest BCUT2D eigenvalue weighted by molar-refractivity contribution is 0.1000. The molecule has 4 N–H and O–H groups in total. The Morgan fingerprint density at radius 2 is 2.00 bits per heavy atom. The number of primary amides is 1. The van der Waals surface area contributed by atoms with Crippen molar-refractivity contribution in [2.75, 3.05) is 6.54 Å². The fourth-order valence-electron chi connectivity index (χ4n) is 3.07. The summed E-state index contributed by atoms with van der Waals surface area (Å²) in [7, 11) is 0. The number of nitrogens with one attached hydrogen (secondary N) is 2. The van der Waals surface area contributed by atoms with Gasteiger partial charge in [0.05, 0.1) is 0 Å². The van der Waals surface area contributed by atoms with Gasteiger partial charge in [-0.1, -0.05) is 37.3 Å². The summed E-state index contributed by atoms with van der Waals surface area (Å²) < 4.78 is 0. The molecular formula is C20H23N3O. The minimum atomic E-state index is -0.387. The van der Waals surface area contributed by atoms with Crippen molar-refractivity contribution in [3.05, 3.63) is 70.9 Å². The van der Waals surface area contributed by atoms with Gasteiger partial charge < -0.3 is 16.0 Å². The summed E-state index contributed by atoms with van der Waals surface area (Å²) in [5.74, 6) is -0.387. The van der Waals surface area contributed by atoms with Crippen LogP contribution >= 0.6 is 0 Å². The molecule has 0 bridgehead atoms. The second kappa shape index (κ2) is 7.32. The van der Waals surface area contributed by atoms with E-state index in [9.17, 15) is 4.79 Å². The van der Waals surface area contributed by atoms with Crippen LogP contribution in [0.25, 0.3) is 10.9 Å². The van der Waals surface area contributed by atoms with Crippen LogP contribution in [-0.2, 0) is 19.4 Å². The summed E-state index contributed by atoms with van der Waals surface area (Å²) in [6, 6.07) is 13.9. The third-order valence-electron chi connectivity index (χ3n) is 4.38. The van der Waals surface area contributed by atoms with Gasteiger partial charge in [-0.25, -0.2) is 0 Å². The van der Waals surface area contributed by atoms with E-state index in [-0.39, 0.29) is 5.91 Å². The molecule has 0 atom stereocenters. The molecule has 1 amide bonds. The number of carbonyl (C=O) groups excluding carboxylic acids is 1. The van der Waals surface area contributed by atoms with Crippen molar-refractivity contribution in [1.82, 2.24) is 10.3 Å². The Bertz CT molecular complexity index is 851. The molecule has 3 rings (SSSR count). The molecule has 4 heteroatoms. The summed E-state index contributed by atoms with van der Waals surface area (Å²) >= 11 is 0. The summed E-state index contributed by atoms with van der Waals surface area (Å²) in [4.78, 5) is 14.6. The van der Waals surface area contributed by atoms with E-state index < -0.39 is 0 Å². The number of aromatic nitrogens is 1. The number of amides is 1. The third-order valence-corrected chi connectivity index (χ3v) is 4.38. The Hall–Kier alpha value is -2.59. The summed E-state index contributed by atoms with van der Waals surface area (Å²) in [5, 5.41) is 4.75. The van der Waals surface area contributed by atoms with Gasteiger partial charge in [-0.3, -0.25) is 4.79 Å². The summed E-state index contributed by atoms with van der Waals surface area (Å²) in [5.41, 5.74) is 10.9. The molecule has 0 aliphatic heterocycles. The van der Waals surface area contributed by atoms with E-state index in [4.69, 9.17) is 5.73 Å². The molecule has 3 aromatic rings. The van der Waals surface area contributed by atoms with Crippen molar-refractivity contribution < 1.29 is 4.79 Å². The molecule has 0 spiro atoms. The van der Waals surface area contributed by atoms with Crippen molar-refractivity contribution in [1.29, 1.82) is 0 Å². The number of aryl methyl sites for hydroxylation is 1. The first kappa shape index (κ1) is 16.3. The number of hydrogen-bond donors (Lipinski definition) is 3. The zero-order valence-corrected chi connectivity index (χ0v) is 13.9. The maximum atomic E-state index is 11.2. The van der Waals surface area contributed by atoms with Gasteiger partial charge in [-0.05, 0) is 48.2 Å². The minimum Gasteiger partial charge on any atom is -0.366 e. The number of hydrogen-bond acceptors (Lipinski definition) is 2. The quantitative estimate of drug-likeness (QED) is 0.585. The van der Waals surface area contributed by atoms with Gasteiger partial charge in [0.25, 0.3) is 0 Å². The van der Waals surface area contributed by atoms with Crippen molar-refractivity contribution >= 4 is 16.8 Å². The SMILES string of the molecule is CCc1cccc2c(CCNCc3cccc(C(N)=O)c3)c[nH]c12. The zero-order valence-electron chi connectivity index (χ0n) is 13.9. The first-order chi connectivity index (χ1) is 11.7. The van der Waals surface area contributed by atoms with Crippen LogP contribution in [0.5, 0.6) is 0 Å². The minimum absolute atomic E-state index is 0.387. The van der Waals surface area contributed by atoms with Crippen LogP contribution in [0.4, 0.5) is 0 Å². The van der Waals surface area contributed by atoms with Crippen molar-refractivity contribution in [2.24, 2.45) is 5.73 Å². The molecule has 0 fully saturated rings. The molecule has 2 aromatic carbocycles. The average Bonchev–Trinajstić information content (AvgIpc) is 3.02. The molecule has 1 aromatic heterocycles. The molecule has 24 heavy (non-hydrogen) atoms. The number of fused-ring (bicyclic) bond motifs is 1. The molecule has 0 saturated heterocycles. The van der Waals surface area contributed by atoms with Crippen molar-refractivity contribution in [2.45, 2.75) is 26.3 Å². The predicted octanol–water partition coefficient (Wildman–Crippen LogP) is 3.16. The summed E-state index contributed by atoms with van der Waals surface area (Å²) in [6.07, 6.45) is 4.10. The molecule has 0 saturated carbocycles. The average molecular weight is 321 g/mol. The second-order valence-electron chi connectivity index (χ2n) is 6.00. The lowest BCUT2D eigenvalue weighted by Gasteiger charge is -2.06. The van der Waals surface area contributed by atoms with Gasteiger partial charge in [-0.15, -0.1) is 0 Å². The third kappa shape index (κ3) is 3.49. The molecule has 0 unspecified atom stereocenters. The fourth-order valence-corrected chi connectivity index (χ4v) is 3.07. The normalized spacial score (nSPS) is 11.0. The first-order valence-electron chi connectivity index (χ1n) is 8.36. The topological polar surface area (TPSA) is 70.9 Å². The number of aromatic amines is 1. The van der Waals surface area contributed by atoms with E-state index in [1.54, 1.807) is 6.07 Å². The van der Waals surface area contributed by atoms with Crippen LogP contribution in [0, 0.1) is 0 Å². The number of nitrogens with two attached hydrogens (primary N) is 1. The zero-order chi connectivity index (χ0) is 16.9. The molecular weight excluding hydrogens is 298 g/mol. The van der Waals surface area contributed by atoms with E-state index >= 15 is 0 Å². The smallest absolute Gasteiger partial charge is 0.248 e. The first-order valence-corrected chi connectivity index (χ1v) is 8.36. The van der Waals surface area contributed by atoms with Crippen molar-refractivity contribution in [3.8, 4) is 0 Å². The van der Waals surface area contributed by atoms with Gasteiger partial charge >= 0.3 is 0 Å². The van der Waals surface area contributed by atoms with Crippen LogP contribution < -0.4 is 11.1 Å². The number of H-pyrrole nitrogens is 1. The lowest BCUT2D eigenvalue weighted by atomic mass is 10.1. The molecule has 4 nitrogen and oxygen atoms in total. The maximum absolute atomic E-state index is 11.2. The highest BCUT2D eigenvalue weighted by molar-refractivity contribution is 5.92. The molecule has 1 heterocycles. The van der Waals surface area contributed by atoms with Crippen molar-refractivity contribution in [3.63, 3.8) is 0 Å². The van der Waals surface area contributed by atoms with E-state index in [2.05, 4.69) is 41.6 Å². The van der Waals surface area contributed by atoms with Gasteiger partial charge in [0.1, 0.15) is 0 Å². The second-order valence-corrected chi connectivity index (χ2v) is 6.00. The van der Waals surface area contributed by atoms with E-state index in [0.717, 1.165) is 31.5 Å². The van der Waals surface area contributed by atoms with E-state index in [1.807, 2.05) is 18.2 Å². The van der Waals surface area contributed by atoms with Crippen LogP contribution in [0.15, 0.2) is 48.7 Å². The monoisotopic (exact) mass is 321 g/mol. The maximum Gasteiger partial charge on any atom is 0.248 e. The number of benzene rings is 2.